The number of methoxy groups -OCH3 is 1. The second-order valence-corrected chi connectivity index (χ2v) is 7.71. The quantitative estimate of drug-likeness (QED) is 0.511. The average Bonchev–Trinajstić information content (AvgIpc) is 3.30. The number of thiophene rings is 1. The number of nitrogens with one attached hydrogen (secondary N) is 1. The Balaban J connectivity index is 1.54. The highest BCUT2D eigenvalue weighted by atomic mass is 32.1. The van der Waals surface area contributed by atoms with E-state index in [2.05, 4.69) is 42.6 Å². The second kappa shape index (κ2) is 7.29. The lowest BCUT2D eigenvalue weighted by Gasteiger charge is -2.11. The van der Waals surface area contributed by atoms with Crippen molar-refractivity contribution in [2.75, 3.05) is 12.4 Å². The number of fused-ring (bicyclic) bond motifs is 1. The molecule has 0 radical (unpaired) electrons. The van der Waals surface area contributed by atoms with Gasteiger partial charge in [0.15, 0.2) is 11.6 Å². The number of hydrogen-bond donors (Lipinski definition) is 1. The first-order valence-corrected chi connectivity index (χ1v) is 10.2. The summed E-state index contributed by atoms with van der Waals surface area (Å²) in [5, 5.41) is 15.0. The molecule has 4 aromatic rings. The van der Waals surface area contributed by atoms with Crippen molar-refractivity contribution in [3.05, 3.63) is 53.7 Å². The van der Waals surface area contributed by atoms with Gasteiger partial charge in [0.1, 0.15) is 23.6 Å². The summed E-state index contributed by atoms with van der Waals surface area (Å²) >= 11 is 1.62. The Morgan fingerprint density at radius 2 is 2.07 bits per heavy atom. The third-order valence-corrected chi connectivity index (χ3v) is 5.71. The van der Waals surface area contributed by atoms with Gasteiger partial charge >= 0.3 is 0 Å². The van der Waals surface area contributed by atoms with Crippen molar-refractivity contribution < 1.29 is 4.74 Å². The van der Waals surface area contributed by atoms with Crippen LogP contribution in [0.1, 0.15) is 30.5 Å². The van der Waals surface area contributed by atoms with E-state index in [1.165, 1.54) is 12.8 Å². The van der Waals surface area contributed by atoms with E-state index in [-0.39, 0.29) is 0 Å². The molecule has 0 atom stereocenters. The number of aromatic nitrogens is 5. The summed E-state index contributed by atoms with van der Waals surface area (Å²) in [6.45, 7) is 0.945. The van der Waals surface area contributed by atoms with Crippen molar-refractivity contribution in [2.24, 2.45) is 0 Å². The van der Waals surface area contributed by atoms with Crippen molar-refractivity contribution in [3.63, 3.8) is 0 Å². The van der Waals surface area contributed by atoms with Gasteiger partial charge in [0.05, 0.1) is 11.9 Å². The zero-order valence-corrected chi connectivity index (χ0v) is 16.3. The fourth-order valence-corrected chi connectivity index (χ4v) is 4.32. The predicted molar refractivity (Wildman–Crippen MR) is 109 cm³/mol. The zero-order valence-electron chi connectivity index (χ0n) is 15.5. The smallest absolute Gasteiger partial charge is 0.158 e. The SMILES string of the molecule is COCc1nc(NCc2nncn2C2CC2)c2c(-c3ccccc3)csc2n1. The Hall–Kier alpha value is -2.84. The van der Waals surface area contributed by atoms with Crippen LogP contribution < -0.4 is 5.32 Å². The average molecular weight is 392 g/mol. The van der Waals surface area contributed by atoms with Gasteiger partial charge in [-0.15, -0.1) is 21.5 Å². The molecule has 1 aliphatic carbocycles. The normalized spacial score (nSPS) is 13.9. The molecule has 0 saturated heterocycles. The molecule has 142 valence electrons. The number of hydrogen-bond acceptors (Lipinski definition) is 7. The van der Waals surface area contributed by atoms with E-state index in [9.17, 15) is 0 Å². The Morgan fingerprint density at radius 1 is 1.21 bits per heavy atom. The Morgan fingerprint density at radius 3 is 2.86 bits per heavy atom. The molecule has 1 N–H and O–H groups in total. The Bertz CT molecular complexity index is 1100. The number of anilines is 1. The van der Waals surface area contributed by atoms with Crippen molar-refractivity contribution in [1.82, 2.24) is 24.7 Å². The van der Waals surface area contributed by atoms with Gasteiger partial charge in [0, 0.05) is 24.1 Å². The molecule has 1 aromatic carbocycles. The summed E-state index contributed by atoms with van der Waals surface area (Å²) in [5.74, 6) is 2.41. The van der Waals surface area contributed by atoms with Crippen LogP contribution >= 0.6 is 11.3 Å². The van der Waals surface area contributed by atoms with Crippen LogP contribution in [0, 0.1) is 0 Å². The van der Waals surface area contributed by atoms with Crippen LogP contribution in [0.25, 0.3) is 21.3 Å². The molecular weight excluding hydrogens is 372 g/mol. The summed E-state index contributed by atoms with van der Waals surface area (Å²) in [7, 11) is 1.66. The summed E-state index contributed by atoms with van der Waals surface area (Å²) in [6, 6.07) is 10.9. The molecule has 0 amide bonds. The predicted octanol–water partition coefficient (Wildman–Crippen LogP) is 4.04. The Labute approximate surface area is 166 Å². The van der Waals surface area contributed by atoms with Crippen molar-refractivity contribution >= 4 is 27.4 Å². The lowest BCUT2D eigenvalue weighted by atomic mass is 10.1. The van der Waals surface area contributed by atoms with E-state index in [1.54, 1.807) is 18.4 Å². The monoisotopic (exact) mass is 392 g/mol. The minimum atomic E-state index is 0.376. The highest BCUT2D eigenvalue weighted by molar-refractivity contribution is 7.17. The van der Waals surface area contributed by atoms with Crippen LogP contribution in [0.2, 0.25) is 0 Å². The third kappa shape index (κ3) is 3.25. The highest BCUT2D eigenvalue weighted by Crippen LogP contribution is 2.38. The molecule has 0 spiro atoms. The van der Waals surface area contributed by atoms with Gasteiger partial charge in [0.25, 0.3) is 0 Å². The molecule has 5 rings (SSSR count). The number of ether oxygens (including phenoxy) is 1. The first-order chi connectivity index (χ1) is 13.8. The van der Waals surface area contributed by atoms with Gasteiger partial charge in [0.2, 0.25) is 0 Å². The van der Waals surface area contributed by atoms with Gasteiger partial charge in [-0.25, -0.2) is 9.97 Å². The highest BCUT2D eigenvalue weighted by Gasteiger charge is 2.26. The number of benzene rings is 1. The molecule has 7 nitrogen and oxygen atoms in total. The Kier molecular flexibility index (Phi) is 4.50. The van der Waals surface area contributed by atoms with Gasteiger partial charge in [-0.1, -0.05) is 30.3 Å². The topological polar surface area (TPSA) is 77.8 Å². The van der Waals surface area contributed by atoms with Gasteiger partial charge in [-0.2, -0.15) is 0 Å². The van der Waals surface area contributed by atoms with Crippen LogP contribution in [-0.2, 0) is 17.9 Å². The molecule has 1 aliphatic rings. The van der Waals surface area contributed by atoms with Gasteiger partial charge in [-0.05, 0) is 18.4 Å². The standard InChI is InChI=1S/C20H20N6OS/c1-27-10-16-23-19(21-9-17-25-22-12-26(17)14-7-8-14)18-15(11-28-20(18)24-16)13-5-3-2-4-6-13/h2-6,11-12,14H,7-10H2,1H3,(H,21,23,24). The maximum absolute atomic E-state index is 5.26. The third-order valence-electron chi connectivity index (χ3n) is 4.84. The number of nitrogens with zero attached hydrogens (tertiary/aromatic N) is 5. The minimum Gasteiger partial charge on any atom is -0.377 e. The van der Waals surface area contributed by atoms with Crippen molar-refractivity contribution in [2.45, 2.75) is 32.0 Å². The molecule has 1 saturated carbocycles. The van der Waals surface area contributed by atoms with Crippen LogP contribution in [0.3, 0.4) is 0 Å². The van der Waals surface area contributed by atoms with Crippen molar-refractivity contribution in [1.29, 1.82) is 0 Å². The van der Waals surface area contributed by atoms with E-state index in [0.29, 0.717) is 25.0 Å². The second-order valence-electron chi connectivity index (χ2n) is 6.86. The van der Waals surface area contributed by atoms with Gasteiger partial charge < -0.3 is 14.6 Å². The van der Waals surface area contributed by atoms with Gasteiger partial charge in [-0.3, -0.25) is 0 Å². The fourth-order valence-electron chi connectivity index (χ4n) is 3.35. The molecule has 3 heterocycles. The molecule has 28 heavy (non-hydrogen) atoms. The summed E-state index contributed by atoms with van der Waals surface area (Å²) < 4.78 is 7.42. The van der Waals surface area contributed by atoms with Crippen LogP contribution in [0.15, 0.2) is 42.0 Å². The van der Waals surface area contributed by atoms with E-state index in [0.717, 1.165) is 33.0 Å². The van der Waals surface area contributed by atoms with E-state index in [1.807, 2.05) is 24.5 Å². The lowest BCUT2D eigenvalue weighted by Crippen LogP contribution is -2.10. The summed E-state index contributed by atoms with van der Waals surface area (Å²) in [4.78, 5) is 10.4. The van der Waals surface area contributed by atoms with Crippen LogP contribution in [-0.4, -0.2) is 31.8 Å². The molecule has 1 fully saturated rings. The molecule has 0 aliphatic heterocycles. The zero-order chi connectivity index (χ0) is 18.9. The molecular formula is C20H20N6OS. The van der Waals surface area contributed by atoms with Crippen molar-refractivity contribution in [3.8, 4) is 11.1 Å². The first kappa shape index (κ1) is 17.3. The van der Waals surface area contributed by atoms with Crippen LogP contribution in [0.5, 0.6) is 0 Å². The maximum atomic E-state index is 5.26. The van der Waals surface area contributed by atoms with E-state index in [4.69, 9.17) is 9.72 Å². The summed E-state index contributed by atoms with van der Waals surface area (Å²) in [5.41, 5.74) is 2.29. The number of rotatable bonds is 7. The molecule has 3 aromatic heterocycles. The maximum Gasteiger partial charge on any atom is 0.158 e. The fraction of sp³-hybridized carbons (Fsp3) is 0.300. The largest absolute Gasteiger partial charge is 0.377 e. The van der Waals surface area contributed by atoms with E-state index < -0.39 is 0 Å². The molecule has 0 unspecified atom stereocenters. The first-order valence-electron chi connectivity index (χ1n) is 9.28. The summed E-state index contributed by atoms with van der Waals surface area (Å²) in [6.07, 6.45) is 4.22. The minimum absolute atomic E-state index is 0.376. The molecule has 0 bridgehead atoms. The van der Waals surface area contributed by atoms with Crippen LogP contribution in [0.4, 0.5) is 5.82 Å². The molecule has 8 heteroatoms. The lowest BCUT2D eigenvalue weighted by molar-refractivity contribution is 0.178. The van der Waals surface area contributed by atoms with E-state index >= 15 is 0 Å².